The van der Waals surface area contributed by atoms with Gasteiger partial charge in [-0.25, -0.2) is 0 Å². The predicted octanol–water partition coefficient (Wildman–Crippen LogP) is 3.32. The van der Waals surface area contributed by atoms with Crippen LogP contribution in [0.2, 0.25) is 0 Å². The molecule has 0 atom stereocenters. The van der Waals surface area contributed by atoms with E-state index in [2.05, 4.69) is 43.8 Å². The molecule has 1 heterocycles. The Kier molecular flexibility index (Phi) is 3.05. The van der Waals surface area contributed by atoms with Gasteiger partial charge >= 0.3 is 0 Å². The van der Waals surface area contributed by atoms with Gasteiger partial charge in [-0.1, -0.05) is 11.6 Å². The molecule has 2 rings (SSSR count). The summed E-state index contributed by atoms with van der Waals surface area (Å²) in [4.78, 5) is 11.1. The van der Waals surface area contributed by atoms with E-state index in [1.807, 2.05) is 0 Å². The van der Waals surface area contributed by atoms with E-state index >= 15 is 0 Å². The van der Waals surface area contributed by atoms with Crippen LogP contribution in [0.4, 0.5) is 0 Å². The number of hydrogen-bond donors (Lipinski definition) is 0. The third-order valence-electron chi connectivity index (χ3n) is 3.24. The van der Waals surface area contributed by atoms with E-state index in [0.717, 1.165) is 6.42 Å². The maximum absolute atomic E-state index is 11.1. The highest BCUT2D eigenvalue weighted by atomic mass is 16.1. The molecule has 0 radical (unpaired) electrons. The lowest BCUT2D eigenvalue weighted by Crippen LogP contribution is -1.93. The Morgan fingerprint density at radius 1 is 1.29 bits per heavy atom. The first kappa shape index (κ1) is 11.9. The predicted molar refractivity (Wildman–Crippen MR) is 71.4 cm³/mol. The molecule has 0 fully saturated rings. The van der Waals surface area contributed by atoms with E-state index < -0.39 is 0 Å². The Bertz CT molecular complexity index is 578. The highest BCUT2D eigenvalue weighted by Gasteiger charge is 2.09. The van der Waals surface area contributed by atoms with E-state index in [-0.39, 0.29) is 5.78 Å². The lowest BCUT2D eigenvalue weighted by Gasteiger charge is -2.03. The number of fused-ring (bicyclic) bond motifs is 1. The second-order valence-corrected chi connectivity index (χ2v) is 4.95. The summed E-state index contributed by atoms with van der Waals surface area (Å²) in [6.07, 6.45) is 3.63. The SMILES string of the molecule is CC(=O)CCc1cn(C)c2c(C)cc(C)cc12. The van der Waals surface area contributed by atoms with Crippen molar-refractivity contribution in [2.24, 2.45) is 7.05 Å². The molecule has 0 N–H and O–H groups in total. The van der Waals surface area contributed by atoms with Crippen LogP contribution < -0.4 is 0 Å². The number of benzene rings is 1. The zero-order valence-corrected chi connectivity index (χ0v) is 11.0. The van der Waals surface area contributed by atoms with Gasteiger partial charge in [0, 0.05) is 25.1 Å². The first-order valence-corrected chi connectivity index (χ1v) is 6.03. The second kappa shape index (κ2) is 4.36. The minimum atomic E-state index is 0.256. The Morgan fingerprint density at radius 2 is 2.00 bits per heavy atom. The maximum Gasteiger partial charge on any atom is 0.130 e. The molecule has 0 unspecified atom stereocenters. The van der Waals surface area contributed by atoms with Crippen molar-refractivity contribution in [1.29, 1.82) is 0 Å². The molecule has 0 spiro atoms. The number of carbonyl (C=O) groups excluding carboxylic acids is 1. The van der Waals surface area contributed by atoms with Crippen molar-refractivity contribution < 1.29 is 4.79 Å². The number of aryl methyl sites for hydroxylation is 4. The molecule has 17 heavy (non-hydrogen) atoms. The molecule has 0 saturated heterocycles. The number of carbonyl (C=O) groups is 1. The molecule has 0 aliphatic rings. The third kappa shape index (κ3) is 2.26. The van der Waals surface area contributed by atoms with E-state index in [9.17, 15) is 4.79 Å². The van der Waals surface area contributed by atoms with Crippen molar-refractivity contribution >= 4 is 16.7 Å². The Morgan fingerprint density at radius 3 is 2.65 bits per heavy atom. The van der Waals surface area contributed by atoms with Gasteiger partial charge in [0.1, 0.15) is 5.78 Å². The minimum absolute atomic E-state index is 0.256. The topological polar surface area (TPSA) is 22.0 Å². The fourth-order valence-corrected chi connectivity index (χ4v) is 2.55. The summed E-state index contributed by atoms with van der Waals surface area (Å²) < 4.78 is 2.17. The third-order valence-corrected chi connectivity index (χ3v) is 3.24. The molecule has 0 bridgehead atoms. The van der Waals surface area contributed by atoms with Gasteiger partial charge in [-0.05, 0) is 44.4 Å². The molecule has 0 aliphatic carbocycles. The van der Waals surface area contributed by atoms with Gasteiger partial charge in [0.15, 0.2) is 0 Å². The molecular weight excluding hydrogens is 210 g/mol. The van der Waals surface area contributed by atoms with Gasteiger partial charge in [0.2, 0.25) is 0 Å². The number of nitrogens with zero attached hydrogens (tertiary/aromatic N) is 1. The standard InChI is InChI=1S/C15H19NO/c1-10-7-11(2)15-14(8-10)13(9-16(15)4)6-5-12(3)17/h7-9H,5-6H2,1-4H3. The number of ketones is 1. The van der Waals surface area contributed by atoms with Crippen LogP contribution in [0, 0.1) is 13.8 Å². The molecule has 1 aromatic heterocycles. The van der Waals surface area contributed by atoms with Crippen molar-refractivity contribution in [3.05, 3.63) is 35.0 Å². The normalized spacial score (nSPS) is 11.1. The average Bonchev–Trinajstić information content (AvgIpc) is 2.52. The Hall–Kier alpha value is -1.57. The summed E-state index contributed by atoms with van der Waals surface area (Å²) in [5.41, 5.74) is 5.15. The zero-order chi connectivity index (χ0) is 12.6. The lowest BCUT2D eigenvalue weighted by molar-refractivity contribution is -0.116. The van der Waals surface area contributed by atoms with Crippen molar-refractivity contribution in [1.82, 2.24) is 4.57 Å². The summed E-state index contributed by atoms with van der Waals surface area (Å²) >= 11 is 0. The van der Waals surface area contributed by atoms with Gasteiger partial charge in [-0.3, -0.25) is 0 Å². The molecular formula is C15H19NO. The van der Waals surface area contributed by atoms with Crippen molar-refractivity contribution in [3.8, 4) is 0 Å². The highest BCUT2D eigenvalue weighted by Crippen LogP contribution is 2.26. The van der Waals surface area contributed by atoms with Gasteiger partial charge in [-0.2, -0.15) is 0 Å². The van der Waals surface area contributed by atoms with Gasteiger partial charge in [-0.15, -0.1) is 0 Å². The lowest BCUT2D eigenvalue weighted by atomic mass is 10.0. The Labute approximate surface area is 102 Å². The molecule has 2 heteroatoms. The summed E-state index contributed by atoms with van der Waals surface area (Å²) in [7, 11) is 2.07. The van der Waals surface area contributed by atoms with Crippen LogP contribution in [-0.2, 0) is 18.3 Å². The highest BCUT2D eigenvalue weighted by molar-refractivity contribution is 5.88. The zero-order valence-electron chi connectivity index (χ0n) is 11.0. The molecule has 90 valence electrons. The van der Waals surface area contributed by atoms with Gasteiger partial charge in [0.25, 0.3) is 0 Å². The molecule has 0 saturated carbocycles. The van der Waals surface area contributed by atoms with Crippen molar-refractivity contribution in [2.75, 3.05) is 0 Å². The summed E-state index contributed by atoms with van der Waals surface area (Å²) in [5.74, 6) is 0.256. The molecule has 1 aromatic carbocycles. The smallest absolute Gasteiger partial charge is 0.130 e. The van der Waals surface area contributed by atoms with E-state index in [4.69, 9.17) is 0 Å². The molecule has 0 amide bonds. The summed E-state index contributed by atoms with van der Waals surface area (Å²) in [6.45, 7) is 5.92. The van der Waals surface area contributed by atoms with E-state index in [0.29, 0.717) is 6.42 Å². The number of Topliss-reactive ketones (excluding diaryl/α,β-unsaturated/α-hetero) is 1. The quantitative estimate of drug-likeness (QED) is 0.791. The van der Waals surface area contributed by atoms with Crippen molar-refractivity contribution in [2.45, 2.75) is 33.6 Å². The second-order valence-electron chi connectivity index (χ2n) is 4.95. The fraction of sp³-hybridized carbons (Fsp3) is 0.400. The minimum Gasteiger partial charge on any atom is -0.350 e. The van der Waals surface area contributed by atoms with Crippen molar-refractivity contribution in [3.63, 3.8) is 0 Å². The summed E-state index contributed by atoms with van der Waals surface area (Å²) in [5, 5.41) is 1.30. The largest absolute Gasteiger partial charge is 0.350 e. The molecule has 2 aromatic rings. The first-order chi connectivity index (χ1) is 7.99. The average molecular weight is 229 g/mol. The number of aromatic nitrogens is 1. The van der Waals surface area contributed by atoms with Crippen LogP contribution in [0.5, 0.6) is 0 Å². The fourth-order valence-electron chi connectivity index (χ4n) is 2.55. The van der Waals surface area contributed by atoms with Crippen LogP contribution in [0.3, 0.4) is 0 Å². The van der Waals surface area contributed by atoms with Crippen LogP contribution in [0.1, 0.15) is 30.0 Å². The number of hydrogen-bond acceptors (Lipinski definition) is 1. The molecule has 0 aliphatic heterocycles. The first-order valence-electron chi connectivity index (χ1n) is 6.03. The monoisotopic (exact) mass is 229 g/mol. The molecule has 2 nitrogen and oxygen atoms in total. The number of rotatable bonds is 3. The van der Waals surface area contributed by atoms with Crippen LogP contribution in [0.15, 0.2) is 18.3 Å². The van der Waals surface area contributed by atoms with Gasteiger partial charge < -0.3 is 9.36 Å². The van der Waals surface area contributed by atoms with Gasteiger partial charge in [0.05, 0.1) is 5.52 Å². The van der Waals surface area contributed by atoms with Crippen LogP contribution in [0.25, 0.3) is 10.9 Å². The Balaban J connectivity index is 2.53. The van der Waals surface area contributed by atoms with E-state index in [1.165, 1.54) is 27.6 Å². The summed E-state index contributed by atoms with van der Waals surface area (Å²) in [6, 6.07) is 4.43. The van der Waals surface area contributed by atoms with Crippen LogP contribution >= 0.6 is 0 Å². The van der Waals surface area contributed by atoms with E-state index in [1.54, 1.807) is 6.92 Å². The van der Waals surface area contributed by atoms with Crippen LogP contribution in [-0.4, -0.2) is 10.4 Å². The maximum atomic E-state index is 11.1.